The zero-order chi connectivity index (χ0) is 23.6. The number of carbonyl (C=O) groups is 2. The molecule has 0 aliphatic heterocycles. The van der Waals surface area contributed by atoms with Crippen LogP contribution >= 0.6 is 0 Å². The number of ether oxygens (including phenoxy) is 2. The van der Waals surface area contributed by atoms with Crippen molar-refractivity contribution in [3.05, 3.63) is 101 Å². The van der Waals surface area contributed by atoms with Gasteiger partial charge in [-0.2, -0.15) is 5.26 Å². The van der Waals surface area contributed by atoms with Crippen molar-refractivity contribution < 1.29 is 23.5 Å². The zero-order valence-electron chi connectivity index (χ0n) is 17.9. The number of benzene rings is 3. The van der Waals surface area contributed by atoms with Crippen LogP contribution < -0.4 is 14.8 Å². The molecule has 0 aliphatic carbocycles. The molecule has 0 atom stereocenters. The maximum Gasteiger partial charge on any atom is 0.343 e. The summed E-state index contributed by atoms with van der Waals surface area (Å²) in [7, 11) is 1.40. The van der Waals surface area contributed by atoms with Gasteiger partial charge in [0.05, 0.1) is 12.7 Å². The summed E-state index contributed by atoms with van der Waals surface area (Å²) < 4.78 is 23.7. The molecule has 0 heterocycles. The Labute approximate surface area is 190 Å². The summed E-state index contributed by atoms with van der Waals surface area (Å²) in [4.78, 5) is 24.7. The first-order valence-electron chi connectivity index (χ1n) is 10.1. The summed E-state index contributed by atoms with van der Waals surface area (Å²) >= 11 is 0. The van der Waals surface area contributed by atoms with Crippen LogP contribution in [-0.4, -0.2) is 25.5 Å². The average molecular weight is 444 g/mol. The van der Waals surface area contributed by atoms with E-state index in [2.05, 4.69) is 5.32 Å². The third-order valence-corrected chi connectivity index (χ3v) is 4.69. The second-order valence-corrected chi connectivity index (χ2v) is 6.97. The number of nitriles is 1. The number of hydrogen-bond donors (Lipinski definition) is 1. The molecule has 0 saturated carbocycles. The van der Waals surface area contributed by atoms with E-state index >= 15 is 0 Å². The van der Waals surface area contributed by atoms with Gasteiger partial charge < -0.3 is 14.8 Å². The molecule has 0 aliphatic rings. The van der Waals surface area contributed by atoms with E-state index in [1.807, 2.05) is 36.4 Å². The van der Waals surface area contributed by atoms with E-state index in [0.717, 1.165) is 17.7 Å². The molecule has 6 nitrogen and oxygen atoms in total. The van der Waals surface area contributed by atoms with Crippen LogP contribution in [0.2, 0.25) is 0 Å². The second kappa shape index (κ2) is 11.3. The number of nitrogens with one attached hydrogen (secondary N) is 1. The Balaban J connectivity index is 1.68. The lowest BCUT2D eigenvalue weighted by atomic mass is 10.1. The quantitative estimate of drug-likeness (QED) is 0.242. The highest BCUT2D eigenvalue weighted by molar-refractivity contribution is 6.01. The topological polar surface area (TPSA) is 88.4 Å². The van der Waals surface area contributed by atoms with Crippen molar-refractivity contribution in [1.82, 2.24) is 5.32 Å². The van der Waals surface area contributed by atoms with Crippen molar-refractivity contribution >= 4 is 18.0 Å². The van der Waals surface area contributed by atoms with Crippen LogP contribution in [0.4, 0.5) is 4.39 Å². The van der Waals surface area contributed by atoms with Crippen molar-refractivity contribution in [3.8, 4) is 17.6 Å². The van der Waals surface area contributed by atoms with E-state index in [-0.39, 0.29) is 22.6 Å². The molecule has 3 aromatic carbocycles. The van der Waals surface area contributed by atoms with Crippen LogP contribution in [0.25, 0.3) is 6.08 Å². The van der Waals surface area contributed by atoms with Crippen LogP contribution in [0.3, 0.4) is 0 Å². The Morgan fingerprint density at radius 1 is 1.03 bits per heavy atom. The monoisotopic (exact) mass is 444 g/mol. The molecule has 0 saturated heterocycles. The van der Waals surface area contributed by atoms with Crippen molar-refractivity contribution in [2.45, 2.75) is 6.42 Å². The van der Waals surface area contributed by atoms with E-state index in [4.69, 9.17) is 9.47 Å². The van der Waals surface area contributed by atoms with E-state index < -0.39 is 17.7 Å². The lowest BCUT2D eigenvalue weighted by molar-refractivity contribution is -0.117. The highest BCUT2D eigenvalue weighted by Crippen LogP contribution is 2.29. The first-order chi connectivity index (χ1) is 16.0. The van der Waals surface area contributed by atoms with Gasteiger partial charge in [0.25, 0.3) is 5.91 Å². The number of esters is 1. The Hall–Kier alpha value is -4.44. The van der Waals surface area contributed by atoms with Crippen molar-refractivity contribution in [3.63, 3.8) is 0 Å². The third kappa shape index (κ3) is 6.52. The molecule has 1 amide bonds. The minimum atomic E-state index is -0.674. The molecule has 0 radical (unpaired) electrons. The minimum absolute atomic E-state index is 0.0684. The predicted octanol–water partition coefficient (Wildman–Crippen LogP) is 4.32. The Morgan fingerprint density at radius 3 is 2.42 bits per heavy atom. The minimum Gasteiger partial charge on any atom is -0.493 e. The molecule has 7 heteroatoms. The fraction of sp³-hybridized carbons (Fsp3) is 0.115. The number of nitrogens with zero attached hydrogens (tertiary/aromatic N) is 1. The smallest absolute Gasteiger partial charge is 0.343 e. The number of halogens is 1. The first kappa shape index (κ1) is 23.2. The summed E-state index contributed by atoms with van der Waals surface area (Å²) in [5.74, 6) is -1.24. The van der Waals surface area contributed by atoms with Crippen LogP contribution in [0.5, 0.6) is 11.5 Å². The fourth-order valence-electron chi connectivity index (χ4n) is 2.98. The van der Waals surface area contributed by atoms with Gasteiger partial charge in [-0.1, -0.05) is 36.4 Å². The molecule has 0 fully saturated rings. The highest BCUT2D eigenvalue weighted by Gasteiger charge is 2.14. The van der Waals surface area contributed by atoms with E-state index in [9.17, 15) is 19.2 Å². The van der Waals surface area contributed by atoms with Gasteiger partial charge in [-0.25, -0.2) is 9.18 Å². The SMILES string of the molecule is COc1cc(/C=C(\C#N)C(=O)NCCc2ccccc2)ccc1OC(=O)c1ccc(F)cc1. The summed E-state index contributed by atoms with van der Waals surface area (Å²) in [6.07, 6.45) is 2.07. The zero-order valence-corrected chi connectivity index (χ0v) is 17.9. The van der Waals surface area contributed by atoms with Crippen molar-refractivity contribution in [1.29, 1.82) is 5.26 Å². The van der Waals surface area contributed by atoms with E-state index in [0.29, 0.717) is 18.5 Å². The number of methoxy groups -OCH3 is 1. The largest absolute Gasteiger partial charge is 0.493 e. The van der Waals surface area contributed by atoms with Gasteiger partial charge in [0.15, 0.2) is 11.5 Å². The van der Waals surface area contributed by atoms with Crippen LogP contribution in [0.15, 0.2) is 78.4 Å². The maximum atomic E-state index is 13.0. The molecule has 33 heavy (non-hydrogen) atoms. The molecule has 1 N–H and O–H groups in total. The van der Waals surface area contributed by atoms with Gasteiger partial charge in [0.2, 0.25) is 0 Å². The van der Waals surface area contributed by atoms with Gasteiger partial charge in [-0.3, -0.25) is 4.79 Å². The molecule has 3 rings (SSSR count). The summed E-state index contributed by atoms with van der Waals surface area (Å²) in [5, 5.41) is 12.1. The Kier molecular flexibility index (Phi) is 7.92. The van der Waals surface area contributed by atoms with E-state index in [1.54, 1.807) is 12.1 Å². The third-order valence-electron chi connectivity index (χ3n) is 4.69. The van der Waals surface area contributed by atoms with Gasteiger partial charge in [-0.05, 0) is 60.0 Å². The second-order valence-electron chi connectivity index (χ2n) is 6.97. The number of carbonyl (C=O) groups excluding carboxylic acids is 2. The van der Waals surface area contributed by atoms with Crippen LogP contribution in [0.1, 0.15) is 21.5 Å². The summed E-state index contributed by atoms with van der Waals surface area (Å²) in [6.45, 7) is 0.392. The first-order valence-corrected chi connectivity index (χ1v) is 10.1. The molecule has 0 spiro atoms. The molecule has 0 unspecified atom stereocenters. The highest BCUT2D eigenvalue weighted by atomic mass is 19.1. The standard InChI is InChI=1S/C26H21FN2O4/c1-32-24-16-19(7-12-23(24)33-26(31)20-8-10-22(27)11-9-20)15-21(17-28)25(30)29-14-13-18-5-3-2-4-6-18/h2-12,15-16H,13-14H2,1H3,(H,29,30)/b21-15+. The molecular formula is C26H21FN2O4. The van der Waals surface area contributed by atoms with Gasteiger partial charge in [-0.15, -0.1) is 0 Å². The molecular weight excluding hydrogens is 423 g/mol. The van der Waals surface area contributed by atoms with Crippen LogP contribution in [-0.2, 0) is 11.2 Å². The molecule has 0 bridgehead atoms. The number of rotatable bonds is 8. The predicted molar refractivity (Wildman–Crippen MR) is 121 cm³/mol. The molecule has 3 aromatic rings. The summed E-state index contributed by atoms with van der Waals surface area (Å²) in [5.41, 5.74) is 1.71. The van der Waals surface area contributed by atoms with Crippen LogP contribution in [0, 0.1) is 17.1 Å². The maximum absolute atomic E-state index is 13.0. The Morgan fingerprint density at radius 2 is 1.76 bits per heavy atom. The number of hydrogen-bond acceptors (Lipinski definition) is 5. The normalized spacial score (nSPS) is 10.8. The molecule has 166 valence electrons. The summed E-state index contributed by atoms with van der Waals surface area (Å²) in [6, 6.07) is 21.2. The lowest BCUT2D eigenvalue weighted by Gasteiger charge is -2.10. The van der Waals surface area contributed by atoms with Crippen molar-refractivity contribution in [2.75, 3.05) is 13.7 Å². The van der Waals surface area contributed by atoms with Crippen molar-refractivity contribution in [2.24, 2.45) is 0 Å². The average Bonchev–Trinajstić information content (AvgIpc) is 2.84. The lowest BCUT2D eigenvalue weighted by Crippen LogP contribution is -2.26. The number of amides is 1. The van der Waals surface area contributed by atoms with E-state index in [1.165, 1.54) is 31.4 Å². The fourth-order valence-corrected chi connectivity index (χ4v) is 2.98. The molecule has 0 aromatic heterocycles. The Bertz CT molecular complexity index is 1200. The van der Waals surface area contributed by atoms with Gasteiger partial charge >= 0.3 is 5.97 Å². The van der Waals surface area contributed by atoms with Gasteiger partial charge in [0.1, 0.15) is 17.5 Å². The van der Waals surface area contributed by atoms with Gasteiger partial charge in [0, 0.05) is 6.54 Å².